The standard InChI is InChI=1S/C21H34N8O10S/c1-9(30)16-19(37)27-10(3-2-4-24-21(22)23)17(35)25-6-13(31)26-11(5-15(33)34)18(36)28-12(20(38)39)7-40-8-14(32)29-16/h9-12,16,30H,2-8H2,1H3,(H,25,35)(H,26,31)(H,27,37)(H,28,36)(H,29,32)(H,33,34)(H,38,39)(H4,22,23,24)/t9-,10+,11+,12+,16+/m1/s1. The van der Waals surface area contributed by atoms with Gasteiger partial charge in [0.1, 0.15) is 24.2 Å². The number of carboxylic acid groups (broad SMARTS) is 2. The molecule has 1 saturated heterocycles. The summed E-state index contributed by atoms with van der Waals surface area (Å²) in [5.74, 6) is -8.49. The van der Waals surface area contributed by atoms with E-state index >= 15 is 0 Å². The van der Waals surface area contributed by atoms with Crippen molar-refractivity contribution in [3.8, 4) is 0 Å². The van der Waals surface area contributed by atoms with Gasteiger partial charge < -0.3 is 53.4 Å². The summed E-state index contributed by atoms with van der Waals surface area (Å²) in [6.45, 7) is 0.586. The van der Waals surface area contributed by atoms with Crippen LogP contribution in [0.15, 0.2) is 4.99 Å². The molecule has 1 rings (SSSR count). The maximum atomic E-state index is 12.9. The molecule has 1 aliphatic heterocycles. The number of aliphatic imine (C=N–C) groups is 1. The summed E-state index contributed by atoms with van der Waals surface area (Å²) < 4.78 is 0. The maximum absolute atomic E-state index is 12.9. The minimum atomic E-state index is -1.68. The number of rotatable bonds is 8. The van der Waals surface area contributed by atoms with Gasteiger partial charge in [-0.2, -0.15) is 0 Å². The second kappa shape index (κ2) is 16.7. The fourth-order valence-corrected chi connectivity index (χ4v) is 4.14. The van der Waals surface area contributed by atoms with Gasteiger partial charge in [0.25, 0.3) is 0 Å². The zero-order valence-corrected chi connectivity index (χ0v) is 22.4. The van der Waals surface area contributed by atoms with E-state index in [4.69, 9.17) is 16.6 Å². The first-order valence-corrected chi connectivity index (χ1v) is 13.1. The van der Waals surface area contributed by atoms with Crippen LogP contribution in [0.5, 0.6) is 0 Å². The molecule has 0 bridgehead atoms. The second-order valence-corrected chi connectivity index (χ2v) is 9.68. The summed E-state index contributed by atoms with van der Waals surface area (Å²) in [6, 6.07) is -6.00. The highest BCUT2D eigenvalue weighted by Crippen LogP contribution is 2.07. The molecular formula is C21H34N8O10S. The molecule has 0 aromatic rings. The van der Waals surface area contributed by atoms with Gasteiger partial charge in [-0.15, -0.1) is 11.8 Å². The number of carbonyl (C=O) groups excluding carboxylic acids is 5. The van der Waals surface area contributed by atoms with Crippen LogP contribution in [-0.2, 0) is 33.6 Å². The third-order valence-corrected chi connectivity index (χ3v) is 6.28. The number of hydrogen-bond donors (Lipinski definition) is 10. The van der Waals surface area contributed by atoms with Gasteiger partial charge in [-0.1, -0.05) is 0 Å². The van der Waals surface area contributed by atoms with Crippen LogP contribution in [0, 0.1) is 0 Å². The van der Waals surface area contributed by atoms with Crippen LogP contribution in [-0.4, -0.2) is 118 Å². The number of aliphatic carboxylic acids is 2. The molecule has 0 aromatic carbocycles. The van der Waals surface area contributed by atoms with Crippen molar-refractivity contribution < 1.29 is 48.9 Å². The molecule has 12 N–H and O–H groups in total. The van der Waals surface area contributed by atoms with Crippen molar-refractivity contribution in [1.29, 1.82) is 0 Å². The third kappa shape index (κ3) is 12.6. The van der Waals surface area contributed by atoms with E-state index in [9.17, 15) is 43.8 Å². The Hall–Kier alpha value is -4.13. The lowest BCUT2D eigenvalue weighted by Gasteiger charge is -2.25. The van der Waals surface area contributed by atoms with Crippen molar-refractivity contribution in [2.75, 3.05) is 24.6 Å². The van der Waals surface area contributed by atoms with Crippen molar-refractivity contribution >= 4 is 59.2 Å². The van der Waals surface area contributed by atoms with Crippen LogP contribution < -0.4 is 38.1 Å². The summed E-state index contributed by atoms with van der Waals surface area (Å²) in [5.41, 5.74) is 10.5. The number of aliphatic hydroxyl groups is 1. The zero-order chi connectivity index (χ0) is 30.4. The van der Waals surface area contributed by atoms with E-state index in [1.807, 2.05) is 0 Å². The second-order valence-electron chi connectivity index (χ2n) is 8.65. The third-order valence-electron chi connectivity index (χ3n) is 5.25. The van der Waals surface area contributed by atoms with Crippen LogP contribution in [0.3, 0.4) is 0 Å². The summed E-state index contributed by atoms with van der Waals surface area (Å²) >= 11 is 0.769. The van der Waals surface area contributed by atoms with Crippen LogP contribution >= 0.6 is 11.8 Å². The minimum absolute atomic E-state index is 0.0209. The summed E-state index contributed by atoms with van der Waals surface area (Å²) in [4.78, 5) is 89.7. The van der Waals surface area contributed by atoms with Gasteiger partial charge in [0, 0.05) is 12.3 Å². The summed E-state index contributed by atoms with van der Waals surface area (Å²) in [7, 11) is 0. The van der Waals surface area contributed by atoms with E-state index in [2.05, 4.69) is 31.6 Å². The van der Waals surface area contributed by atoms with E-state index < -0.39 is 84.7 Å². The fraction of sp³-hybridized carbons (Fsp3) is 0.619. The van der Waals surface area contributed by atoms with Gasteiger partial charge in [-0.05, 0) is 19.8 Å². The molecule has 40 heavy (non-hydrogen) atoms. The number of hydrogen-bond acceptors (Lipinski definition) is 10. The Bertz CT molecular complexity index is 1000. The minimum Gasteiger partial charge on any atom is -0.481 e. The number of aliphatic hydroxyl groups excluding tert-OH is 1. The van der Waals surface area contributed by atoms with Crippen molar-refractivity contribution in [3.05, 3.63) is 0 Å². The number of guanidine groups is 1. The van der Waals surface area contributed by atoms with Crippen LogP contribution in [0.2, 0.25) is 0 Å². The Kier molecular flexibility index (Phi) is 14.2. The van der Waals surface area contributed by atoms with Crippen molar-refractivity contribution in [2.45, 2.75) is 56.5 Å². The van der Waals surface area contributed by atoms with Crippen LogP contribution in [0.1, 0.15) is 26.2 Å². The molecule has 0 spiro atoms. The molecule has 0 unspecified atom stereocenters. The predicted molar refractivity (Wildman–Crippen MR) is 140 cm³/mol. The SMILES string of the molecule is C[C@@H](O)[C@@H]1NC(=O)CSC[C@@H](C(=O)O)NC(=O)[C@H](CC(=O)O)NC(=O)CNC(=O)[C@H](CCCN=C(N)N)NC1=O. The summed E-state index contributed by atoms with van der Waals surface area (Å²) in [5, 5.41) is 39.8. The number of thioether (sulfide) groups is 1. The highest BCUT2D eigenvalue weighted by Gasteiger charge is 2.32. The molecule has 0 aliphatic carbocycles. The van der Waals surface area contributed by atoms with E-state index in [1.165, 1.54) is 6.92 Å². The van der Waals surface area contributed by atoms with Gasteiger partial charge in [-0.3, -0.25) is 33.8 Å². The highest BCUT2D eigenvalue weighted by molar-refractivity contribution is 8.00. The van der Waals surface area contributed by atoms with E-state index in [1.54, 1.807) is 0 Å². The molecule has 0 saturated carbocycles. The Balaban J connectivity index is 3.24. The largest absolute Gasteiger partial charge is 0.481 e. The number of amides is 5. The number of carbonyl (C=O) groups is 7. The van der Waals surface area contributed by atoms with Gasteiger partial charge in [0.05, 0.1) is 24.8 Å². The molecule has 224 valence electrons. The first kappa shape index (κ1) is 33.9. The number of nitrogens with zero attached hydrogens (tertiary/aromatic N) is 1. The lowest BCUT2D eigenvalue weighted by atomic mass is 10.1. The molecule has 0 radical (unpaired) electrons. The average molecular weight is 591 g/mol. The number of nitrogens with one attached hydrogen (secondary N) is 5. The average Bonchev–Trinajstić information content (AvgIpc) is 2.85. The molecule has 5 atom stereocenters. The Labute approximate surface area is 232 Å². The first-order chi connectivity index (χ1) is 18.7. The monoisotopic (exact) mass is 590 g/mol. The molecule has 1 aliphatic rings. The topological polar surface area (TPSA) is 305 Å². The van der Waals surface area contributed by atoms with E-state index in [0.29, 0.717) is 0 Å². The van der Waals surface area contributed by atoms with Gasteiger partial charge >= 0.3 is 11.9 Å². The quantitative estimate of drug-likeness (QED) is 0.0719. The van der Waals surface area contributed by atoms with E-state index in [-0.39, 0.29) is 36.9 Å². The number of carboxylic acids is 2. The highest BCUT2D eigenvalue weighted by atomic mass is 32.2. The normalized spacial score (nSPS) is 24.5. The van der Waals surface area contributed by atoms with Gasteiger partial charge in [0.2, 0.25) is 29.5 Å². The molecular weight excluding hydrogens is 556 g/mol. The summed E-state index contributed by atoms with van der Waals surface area (Å²) in [6.07, 6.45) is -2.10. The van der Waals surface area contributed by atoms with Crippen molar-refractivity contribution in [1.82, 2.24) is 26.6 Å². The van der Waals surface area contributed by atoms with Crippen LogP contribution in [0.25, 0.3) is 0 Å². The molecule has 1 heterocycles. The van der Waals surface area contributed by atoms with Crippen LogP contribution in [0.4, 0.5) is 0 Å². The van der Waals surface area contributed by atoms with Crippen molar-refractivity contribution in [2.24, 2.45) is 16.5 Å². The molecule has 19 heteroatoms. The lowest BCUT2D eigenvalue weighted by Crippen LogP contribution is -2.58. The van der Waals surface area contributed by atoms with Gasteiger partial charge in [-0.25, -0.2) is 4.79 Å². The molecule has 18 nitrogen and oxygen atoms in total. The zero-order valence-electron chi connectivity index (χ0n) is 21.5. The smallest absolute Gasteiger partial charge is 0.327 e. The Morgan fingerprint density at radius 2 is 1.65 bits per heavy atom. The lowest BCUT2D eigenvalue weighted by molar-refractivity contribution is -0.143. The Morgan fingerprint density at radius 3 is 2.23 bits per heavy atom. The molecule has 1 fully saturated rings. The van der Waals surface area contributed by atoms with Crippen molar-refractivity contribution in [3.63, 3.8) is 0 Å². The fourth-order valence-electron chi connectivity index (χ4n) is 3.29. The predicted octanol–water partition coefficient (Wildman–Crippen LogP) is -5.22. The molecule has 5 amide bonds. The number of nitrogens with two attached hydrogens (primary N) is 2. The Morgan fingerprint density at radius 1 is 0.975 bits per heavy atom. The van der Waals surface area contributed by atoms with Gasteiger partial charge in [0.15, 0.2) is 5.96 Å². The first-order valence-electron chi connectivity index (χ1n) is 11.9. The molecule has 0 aromatic heterocycles. The van der Waals surface area contributed by atoms with E-state index in [0.717, 1.165) is 11.8 Å². The maximum Gasteiger partial charge on any atom is 0.327 e.